The van der Waals surface area contributed by atoms with E-state index in [4.69, 9.17) is 4.74 Å². The second kappa shape index (κ2) is 18.3. The van der Waals surface area contributed by atoms with E-state index in [0.29, 0.717) is 45.1 Å². The van der Waals surface area contributed by atoms with Gasteiger partial charge in [-0.1, -0.05) is 67.9 Å². The van der Waals surface area contributed by atoms with Crippen LogP contribution in [0.2, 0.25) is 0 Å². The number of rotatable bonds is 8. The summed E-state index contributed by atoms with van der Waals surface area (Å²) in [5.74, 6) is -3.73. The minimum atomic E-state index is -1.41. The first-order valence-corrected chi connectivity index (χ1v) is 20.4. The van der Waals surface area contributed by atoms with E-state index in [1.807, 2.05) is 69.3 Å². The quantitative estimate of drug-likeness (QED) is 0.341. The van der Waals surface area contributed by atoms with Crippen molar-refractivity contribution < 1.29 is 38.3 Å². The lowest BCUT2D eigenvalue weighted by Crippen LogP contribution is -2.62. The van der Waals surface area contributed by atoms with Gasteiger partial charge in [-0.15, -0.1) is 0 Å². The topological polar surface area (TPSA) is 175 Å². The Bertz CT molecular complexity index is 1850. The summed E-state index contributed by atoms with van der Waals surface area (Å²) in [5.41, 5.74) is 3.67. The fraction of sp³-hybridized carbons (Fsp3) is 0.558. The van der Waals surface area contributed by atoms with Crippen molar-refractivity contribution in [3.63, 3.8) is 0 Å². The van der Waals surface area contributed by atoms with Gasteiger partial charge in [0.15, 0.2) is 0 Å². The minimum Gasteiger partial charge on any atom is -0.461 e. The smallest absolute Gasteiger partial charge is 0.328 e. The van der Waals surface area contributed by atoms with Crippen molar-refractivity contribution in [3.05, 3.63) is 70.8 Å². The first-order chi connectivity index (χ1) is 27.3. The van der Waals surface area contributed by atoms with Crippen molar-refractivity contribution in [2.75, 3.05) is 26.2 Å². The number of nitrogens with zero attached hydrogens (tertiary/aromatic N) is 3. The summed E-state index contributed by atoms with van der Waals surface area (Å²) in [5, 5.41) is 8.47. The van der Waals surface area contributed by atoms with E-state index in [9.17, 15) is 33.6 Å². The average Bonchev–Trinajstić information content (AvgIpc) is 3.85. The fourth-order valence-electron chi connectivity index (χ4n) is 8.60. The van der Waals surface area contributed by atoms with Gasteiger partial charge >= 0.3 is 5.97 Å². The van der Waals surface area contributed by atoms with Crippen LogP contribution < -0.4 is 16.0 Å². The standard InChI is InChI=1S/C43H56N6O8/c1-5-29-14-16-30(17-15-29)23-37(50)45-32(22-31-11-8-10-26(2)20-31)38(51)46-33-25-57-43(56)36-21-27(3)24-49(36)40(53)28(4)44-39(52)34-12-6-7-18-47(34)42(55)35-13-9-19-48(35)41(33)54/h8,10-11,14-17,20,27-28,32-36H,5-7,9,12-13,18-19,21-25H2,1-4H3,(H,44,52)(H,45,50)(H,46,51)/t27-,28+,32+,33+,34+,35+,36+/m1/s1. The second-order valence-electron chi connectivity index (χ2n) is 16.2. The number of nitrogens with one attached hydrogen (secondary N) is 3. The van der Waals surface area contributed by atoms with Crippen LogP contribution in [0, 0.1) is 12.8 Å². The third-order valence-corrected chi connectivity index (χ3v) is 11.7. The van der Waals surface area contributed by atoms with Crippen molar-refractivity contribution in [3.8, 4) is 0 Å². The van der Waals surface area contributed by atoms with Gasteiger partial charge in [-0.05, 0) is 81.4 Å². The second-order valence-corrected chi connectivity index (χ2v) is 16.2. The highest BCUT2D eigenvalue weighted by atomic mass is 16.5. The first kappa shape index (κ1) is 41.4. The van der Waals surface area contributed by atoms with Gasteiger partial charge in [0.25, 0.3) is 0 Å². The lowest BCUT2D eigenvalue weighted by Gasteiger charge is -2.39. The summed E-state index contributed by atoms with van der Waals surface area (Å²) in [4.78, 5) is 102. The van der Waals surface area contributed by atoms with Crippen LogP contribution in [0.15, 0.2) is 48.5 Å². The minimum absolute atomic E-state index is 0.0301. The Balaban J connectivity index is 1.30. The van der Waals surface area contributed by atoms with Crippen LogP contribution in [0.4, 0.5) is 0 Å². The molecule has 0 aliphatic carbocycles. The predicted octanol–water partition coefficient (Wildman–Crippen LogP) is 1.98. The lowest BCUT2D eigenvalue weighted by molar-refractivity contribution is -0.158. The van der Waals surface area contributed by atoms with Crippen LogP contribution in [0.5, 0.6) is 0 Å². The normalized spacial score (nSPS) is 26.5. The number of ether oxygens (including phenoxy) is 1. The molecule has 2 aromatic carbocycles. The zero-order valence-electron chi connectivity index (χ0n) is 33.5. The molecule has 4 fully saturated rings. The number of amides is 6. The van der Waals surface area contributed by atoms with E-state index >= 15 is 0 Å². The van der Waals surface area contributed by atoms with Crippen molar-refractivity contribution in [1.82, 2.24) is 30.7 Å². The number of benzene rings is 2. The zero-order chi connectivity index (χ0) is 40.8. The molecule has 3 N–H and O–H groups in total. The number of carbonyl (C=O) groups is 7. The summed E-state index contributed by atoms with van der Waals surface area (Å²) in [6, 6.07) is 9.08. The zero-order valence-corrected chi connectivity index (χ0v) is 33.5. The third kappa shape index (κ3) is 9.82. The van der Waals surface area contributed by atoms with Gasteiger partial charge in [-0.3, -0.25) is 28.8 Å². The third-order valence-electron chi connectivity index (χ3n) is 11.7. The number of aryl methyl sites for hydroxylation is 2. The van der Waals surface area contributed by atoms with Crippen molar-refractivity contribution in [2.24, 2.45) is 5.92 Å². The number of cyclic esters (lactones) is 1. The Morgan fingerprint density at radius 1 is 0.825 bits per heavy atom. The molecule has 14 heteroatoms. The fourth-order valence-corrected chi connectivity index (χ4v) is 8.60. The van der Waals surface area contributed by atoms with Gasteiger partial charge in [-0.25, -0.2) is 4.79 Å². The summed E-state index contributed by atoms with van der Waals surface area (Å²) < 4.78 is 5.78. The number of carbonyl (C=O) groups excluding carboxylic acids is 7. The Hall–Kier alpha value is -5.27. The van der Waals surface area contributed by atoms with E-state index in [0.717, 1.165) is 28.7 Å². The molecule has 4 heterocycles. The molecule has 2 aromatic rings. The highest BCUT2D eigenvalue weighted by molar-refractivity contribution is 5.98. The summed E-state index contributed by atoms with van der Waals surface area (Å²) >= 11 is 0. The van der Waals surface area contributed by atoms with E-state index in [-0.39, 0.29) is 43.7 Å². The molecule has 4 saturated heterocycles. The van der Waals surface area contributed by atoms with Gasteiger partial charge in [-0.2, -0.15) is 0 Å². The Morgan fingerprint density at radius 3 is 2.26 bits per heavy atom. The monoisotopic (exact) mass is 784 g/mol. The van der Waals surface area contributed by atoms with Gasteiger partial charge in [0.2, 0.25) is 35.4 Å². The van der Waals surface area contributed by atoms with Gasteiger partial charge in [0, 0.05) is 26.1 Å². The highest BCUT2D eigenvalue weighted by Crippen LogP contribution is 2.28. The molecule has 7 atom stereocenters. The summed E-state index contributed by atoms with van der Waals surface area (Å²) in [6.07, 6.45) is 4.00. The molecule has 0 saturated carbocycles. The predicted molar refractivity (Wildman–Crippen MR) is 210 cm³/mol. The molecule has 0 radical (unpaired) electrons. The van der Waals surface area contributed by atoms with Gasteiger partial charge in [0.05, 0.1) is 6.42 Å². The number of hydrogen-bond donors (Lipinski definition) is 3. The molecule has 0 unspecified atom stereocenters. The molecule has 4 aliphatic rings. The molecule has 57 heavy (non-hydrogen) atoms. The number of piperidine rings is 1. The van der Waals surface area contributed by atoms with Crippen LogP contribution >= 0.6 is 0 Å². The van der Waals surface area contributed by atoms with Gasteiger partial charge < -0.3 is 35.4 Å². The van der Waals surface area contributed by atoms with Crippen LogP contribution in [-0.4, -0.2) is 119 Å². The lowest BCUT2D eigenvalue weighted by atomic mass is 9.99. The van der Waals surface area contributed by atoms with Crippen molar-refractivity contribution in [2.45, 2.75) is 122 Å². The largest absolute Gasteiger partial charge is 0.461 e. The molecule has 14 nitrogen and oxygen atoms in total. The molecule has 306 valence electrons. The van der Waals surface area contributed by atoms with E-state index in [2.05, 4.69) is 16.0 Å². The van der Waals surface area contributed by atoms with E-state index < -0.39 is 72.5 Å². The molecule has 0 spiro atoms. The van der Waals surface area contributed by atoms with E-state index in [1.54, 1.807) is 6.92 Å². The van der Waals surface area contributed by atoms with Crippen LogP contribution in [0.1, 0.15) is 81.5 Å². The molecule has 4 aliphatic heterocycles. The van der Waals surface area contributed by atoms with Crippen molar-refractivity contribution in [1.29, 1.82) is 0 Å². The van der Waals surface area contributed by atoms with Crippen LogP contribution in [-0.2, 0) is 57.6 Å². The molecule has 0 bridgehead atoms. The van der Waals surface area contributed by atoms with Crippen LogP contribution in [0.3, 0.4) is 0 Å². The molecular weight excluding hydrogens is 729 g/mol. The number of hydrogen-bond acceptors (Lipinski definition) is 8. The maximum Gasteiger partial charge on any atom is 0.328 e. The summed E-state index contributed by atoms with van der Waals surface area (Å²) in [7, 11) is 0. The number of esters is 1. The van der Waals surface area contributed by atoms with Crippen molar-refractivity contribution >= 4 is 41.4 Å². The molecular formula is C43H56N6O8. The molecule has 6 amide bonds. The highest BCUT2D eigenvalue weighted by Gasteiger charge is 2.46. The average molecular weight is 785 g/mol. The first-order valence-electron chi connectivity index (χ1n) is 20.4. The van der Waals surface area contributed by atoms with Gasteiger partial charge in [0.1, 0.15) is 42.9 Å². The summed E-state index contributed by atoms with van der Waals surface area (Å²) in [6.45, 7) is 7.71. The number of fused-ring (bicyclic) bond motifs is 3. The van der Waals surface area contributed by atoms with E-state index in [1.165, 1.54) is 14.7 Å². The molecule has 6 rings (SSSR count). The van der Waals surface area contributed by atoms with Crippen LogP contribution in [0.25, 0.3) is 0 Å². The Morgan fingerprint density at radius 2 is 1.53 bits per heavy atom. The molecule has 0 aromatic heterocycles. The Kier molecular flexibility index (Phi) is 13.3. The maximum atomic E-state index is 14.6. The SMILES string of the molecule is CCc1ccc(CC(=O)N[C@@H](Cc2cccc(C)c2)C(=O)N[C@H]2COC(=O)[C@@H]3C[C@@H](C)CN3C(=O)[C@H](C)NC(=O)[C@@H]3CCCCN3C(=O)[C@@H]3CCCN3C2=O)cc1. The Labute approximate surface area is 334 Å². The maximum absolute atomic E-state index is 14.6.